The second-order valence-corrected chi connectivity index (χ2v) is 23.0. The van der Waals surface area contributed by atoms with Gasteiger partial charge in [0.05, 0.1) is 108 Å². The summed E-state index contributed by atoms with van der Waals surface area (Å²) < 4.78 is 76.0. The van der Waals surface area contributed by atoms with Crippen LogP contribution in [-0.4, -0.2) is 143 Å². The van der Waals surface area contributed by atoms with E-state index in [1.165, 1.54) is 0 Å². The Labute approximate surface area is 379 Å². The molecular weight excluding hydrogens is 821 g/mol. The molecule has 0 aromatic carbocycles. The molecular formula is C51H74O13. The van der Waals surface area contributed by atoms with Crippen LogP contribution >= 0.6 is 0 Å². The van der Waals surface area contributed by atoms with E-state index in [0.717, 1.165) is 43.3 Å². The highest BCUT2D eigenvalue weighted by atomic mass is 16.7. The van der Waals surface area contributed by atoms with Crippen molar-refractivity contribution in [2.24, 2.45) is 5.92 Å². The molecule has 64 heavy (non-hydrogen) atoms. The molecule has 15 unspecified atom stereocenters. The van der Waals surface area contributed by atoms with Gasteiger partial charge in [-0.25, -0.2) is 4.79 Å². The van der Waals surface area contributed by atoms with Crippen molar-refractivity contribution in [1.29, 1.82) is 0 Å². The van der Waals surface area contributed by atoms with Crippen LogP contribution in [0.4, 0.5) is 0 Å². The number of carbonyl (C=O) groups is 1. The van der Waals surface area contributed by atoms with Gasteiger partial charge in [0, 0.05) is 51.0 Å². The van der Waals surface area contributed by atoms with Crippen molar-refractivity contribution in [2.45, 2.75) is 271 Å². The average molecular weight is 895 g/mol. The van der Waals surface area contributed by atoms with Crippen molar-refractivity contribution in [3.63, 3.8) is 0 Å². The molecule has 0 radical (unpaired) electrons. The lowest BCUT2D eigenvalue weighted by Crippen LogP contribution is -2.70. The van der Waals surface area contributed by atoms with Crippen LogP contribution in [0.1, 0.15) is 139 Å². The van der Waals surface area contributed by atoms with Crippen LogP contribution in [0.5, 0.6) is 0 Å². The zero-order chi connectivity index (χ0) is 44.7. The third-order valence-electron chi connectivity index (χ3n) is 18.1. The third kappa shape index (κ3) is 7.47. The van der Waals surface area contributed by atoms with Crippen molar-refractivity contribution in [1.82, 2.24) is 0 Å². The number of aliphatic hydroxyl groups is 1. The minimum atomic E-state index is -0.823. The molecule has 13 nitrogen and oxygen atoms in total. The van der Waals surface area contributed by atoms with Gasteiger partial charge in [0.25, 0.3) is 0 Å². The van der Waals surface area contributed by atoms with Crippen LogP contribution in [0.3, 0.4) is 0 Å². The summed E-state index contributed by atoms with van der Waals surface area (Å²) in [6, 6.07) is 0. The second kappa shape index (κ2) is 15.9. The summed E-state index contributed by atoms with van der Waals surface area (Å²) in [6.07, 6.45) is 11.4. The predicted octanol–water partition coefficient (Wildman–Crippen LogP) is 6.68. The maximum atomic E-state index is 12.3. The van der Waals surface area contributed by atoms with Gasteiger partial charge in [-0.15, -0.1) is 0 Å². The Morgan fingerprint density at radius 2 is 1.48 bits per heavy atom. The summed E-state index contributed by atoms with van der Waals surface area (Å²) in [5, 5.41) is 11.5. The number of aliphatic hydroxyl groups excluding tert-OH is 1. The molecule has 11 aliphatic heterocycles. The summed E-state index contributed by atoms with van der Waals surface area (Å²) in [7, 11) is 0. The van der Waals surface area contributed by atoms with Gasteiger partial charge in [0.1, 0.15) is 23.9 Å². The van der Waals surface area contributed by atoms with Gasteiger partial charge in [0.15, 0.2) is 0 Å². The van der Waals surface area contributed by atoms with Gasteiger partial charge in [-0.1, -0.05) is 38.2 Å². The maximum Gasteiger partial charge on any atom is 0.331 e. The van der Waals surface area contributed by atoms with Gasteiger partial charge < -0.3 is 57.2 Å². The Morgan fingerprint density at radius 3 is 2.30 bits per heavy atom. The van der Waals surface area contributed by atoms with E-state index in [0.29, 0.717) is 51.4 Å². The van der Waals surface area contributed by atoms with Crippen LogP contribution in [0.2, 0.25) is 0 Å². The molecule has 11 aliphatic rings. The van der Waals surface area contributed by atoms with E-state index in [2.05, 4.69) is 60.3 Å². The topological polar surface area (TPSA) is 139 Å². The number of hydrogen-bond acceptors (Lipinski definition) is 13. The summed E-state index contributed by atoms with van der Waals surface area (Å²) in [6.45, 7) is 21.3. The van der Waals surface area contributed by atoms with Crippen molar-refractivity contribution >= 4 is 5.97 Å². The monoisotopic (exact) mass is 895 g/mol. The maximum absolute atomic E-state index is 12.3. The largest absolute Gasteiger partial charge is 0.456 e. The molecule has 11 rings (SSSR count). The highest BCUT2D eigenvalue weighted by molar-refractivity contribution is 5.84. The molecule has 356 valence electrons. The molecule has 1 N–H and O–H groups in total. The zero-order valence-electron chi connectivity index (χ0n) is 39.4. The zero-order valence-corrected chi connectivity index (χ0v) is 39.4. The molecule has 11 heterocycles. The molecule has 0 bridgehead atoms. The van der Waals surface area contributed by atoms with Crippen LogP contribution in [0, 0.1) is 5.92 Å². The first-order valence-electron chi connectivity index (χ1n) is 24.9. The van der Waals surface area contributed by atoms with Crippen molar-refractivity contribution in [2.75, 3.05) is 0 Å². The number of rotatable bonds is 3. The molecule has 0 aromatic heterocycles. The number of fused-ring (bicyclic) bond motifs is 10. The molecule has 0 spiro atoms. The smallest absolute Gasteiger partial charge is 0.331 e. The Balaban J connectivity index is 0.776. The second-order valence-electron chi connectivity index (χ2n) is 23.0. The predicted molar refractivity (Wildman–Crippen MR) is 232 cm³/mol. The number of esters is 1. The summed E-state index contributed by atoms with van der Waals surface area (Å²) in [4.78, 5) is 12.3. The third-order valence-corrected chi connectivity index (χ3v) is 18.1. The van der Waals surface area contributed by atoms with Crippen molar-refractivity contribution < 1.29 is 62.0 Å². The first-order chi connectivity index (χ1) is 30.4. The first kappa shape index (κ1) is 44.7. The van der Waals surface area contributed by atoms with Gasteiger partial charge >= 0.3 is 5.97 Å². The van der Waals surface area contributed by atoms with Crippen molar-refractivity contribution in [3.8, 4) is 0 Å². The standard InChI is InChI=1S/C51H74O13/c1-10-26(2)16-29-19-38(52)51(9)42(54-29)21-34-35(61-51)20-33-30(55-34)12-11-14-47(5)43(58-33)25-50(8)41(62-47)23-40-48(6,64-50)15-13-31-45(60-40)27(3)17-32-37(56-31)24-49(7)39(57-32)22-36-46(63-49)28(4)18-44(53)59-36/h11-12,18,27,29-43,45-46,52H,2,10,13-17,19-25H2,1,3-9H3/b12-11-/t27-,29-,30?,31?,32?,33?,34?,35?,36?,37?,38+,39?,40?,41?,42?,43?,45?,46?,47+,48-,49+,50+,51+/m1/s1. The van der Waals surface area contributed by atoms with Gasteiger partial charge in [-0.05, 0) is 91.6 Å². The first-order valence-corrected chi connectivity index (χ1v) is 24.9. The van der Waals surface area contributed by atoms with Gasteiger partial charge in [-0.3, -0.25) is 0 Å². The quantitative estimate of drug-likeness (QED) is 0.238. The molecule has 23 atom stereocenters. The molecule has 13 heteroatoms. The Morgan fingerprint density at radius 1 is 0.719 bits per heavy atom. The van der Waals surface area contributed by atoms with Gasteiger partial charge in [-0.2, -0.15) is 0 Å². The van der Waals surface area contributed by atoms with Crippen LogP contribution in [0.15, 0.2) is 36.0 Å². The molecule has 0 aromatic rings. The SMILES string of the molecule is C=C(CC)C[C@@H]1C[C@H](O)[C@]2(C)OC3CC4OC5C[C@]6(C)O[C@]7(C)CCC8OC9C[C@]%10(C)OC%11C(C)=CC(=O)OC%11CC%10OC9C[C@@H](C)C8OC7CC6O[C@@]5(C)C/C=C\C4OC3CC2O1. The summed E-state index contributed by atoms with van der Waals surface area (Å²) in [5.41, 5.74) is -1.11. The summed E-state index contributed by atoms with van der Waals surface area (Å²) in [5.74, 6) is -0.128. The fourth-order valence-corrected chi connectivity index (χ4v) is 14.1. The van der Waals surface area contributed by atoms with E-state index in [4.69, 9.17) is 52.1 Å². The minimum Gasteiger partial charge on any atom is -0.456 e. The number of hydrogen-bond donors (Lipinski definition) is 1. The van der Waals surface area contributed by atoms with E-state index in [1.807, 2.05) is 13.8 Å². The molecule has 9 saturated heterocycles. The van der Waals surface area contributed by atoms with E-state index in [1.54, 1.807) is 6.08 Å². The molecule has 0 amide bonds. The Hall–Kier alpha value is -1.75. The summed E-state index contributed by atoms with van der Waals surface area (Å²) >= 11 is 0. The van der Waals surface area contributed by atoms with Gasteiger partial charge in [0.2, 0.25) is 0 Å². The Bertz CT molecular complexity index is 1910. The lowest BCUT2D eigenvalue weighted by atomic mass is 9.72. The molecule has 0 aliphatic carbocycles. The highest BCUT2D eigenvalue weighted by Gasteiger charge is 2.64. The molecule has 0 saturated carbocycles. The van der Waals surface area contributed by atoms with E-state index >= 15 is 0 Å². The normalized spacial score (nSPS) is 57.0. The average Bonchev–Trinajstić information content (AvgIpc) is 3.43. The van der Waals surface area contributed by atoms with Crippen LogP contribution in [-0.2, 0) is 56.9 Å². The van der Waals surface area contributed by atoms with Crippen molar-refractivity contribution in [3.05, 3.63) is 36.0 Å². The van der Waals surface area contributed by atoms with Crippen LogP contribution < -0.4 is 0 Å². The number of carbonyl (C=O) groups excluding carboxylic acids is 1. The lowest BCUT2D eigenvalue weighted by Gasteiger charge is -2.60. The molecule has 9 fully saturated rings. The van der Waals surface area contributed by atoms with E-state index in [9.17, 15) is 9.90 Å². The fourth-order valence-electron chi connectivity index (χ4n) is 14.1. The number of ether oxygens (including phenoxy) is 11. The fraction of sp³-hybridized carbons (Fsp3) is 0.863. The highest BCUT2D eigenvalue weighted by Crippen LogP contribution is 2.55. The Kier molecular flexibility index (Phi) is 11.1. The van der Waals surface area contributed by atoms with Crippen LogP contribution in [0.25, 0.3) is 0 Å². The van der Waals surface area contributed by atoms with E-state index in [-0.39, 0.29) is 110 Å². The minimum absolute atomic E-state index is 0.0754. The lowest BCUT2D eigenvalue weighted by molar-refractivity contribution is -0.356. The van der Waals surface area contributed by atoms with E-state index < -0.39 is 34.1 Å².